The smallest absolute Gasteiger partial charge is 0.223 e. The quantitative estimate of drug-likeness (QED) is 0.840. The molecular weight excluding hydrogens is 224 g/mol. The molecule has 1 aliphatic carbocycles. The Morgan fingerprint density at radius 1 is 1.28 bits per heavy atom. The topological polar surface area (TPSA) is 41.1 Å². The van der Waals surface area contributed by atoms with Crippen LogP contribution in [-0.2, 0) is 17.6 Å². The number of amides is 1. The second-order valence-electron chi connectivity index (χ2n) is 5.41. The average Bonchev–Trinajstić information content (AvgIpc) is 3.04. The Hall–Kier alpha value is -1.35. The third-order valence-corrected chi connectivity index (χ3v) is 4.11. The van der Waals surface area contributed by atoms with Gasteiger partial charge >= 0.3 is 0 Å². The van der Waals surface area contributed by atoms with E-state index in [0.717, 1.165) is 25.9 Å². The normalized spacial score (nSPS) is 23.0. The molecule has 0 saturated carbocycles. The van der Waals surface area contributed by atoms with Gasteiger partial charge in [0.1, 0.15) is 0 Å². The summed E-state index contributed by atoms with van der Waals surface area (Å²) in [5.74, 6) is 0.365. The van der Waals surface area contributed by atoms with Crippen LogP contribution in [0.3, 0.4) is 0 Å². The van der Waals surface area contributed by atoms with E-state index in [1.54, 1.807) is 0 Å². The number of hydrogen-bond acceptors (Lipinski definition) is 2. The second kappa shape index (κ2) is 5.11. The van der Waals surface area contributed by atoms with Crippen molar-refractivity contribution in [3.05, 3.63) is 35.4 Å². The highest BCUT2D eigenvalue weighted by Crippen LogP contribution is 2.26. The van der Waals surface area contributed by atoms with Crippen LogP contribution in [0.15, 0.2) is 24.3 Å². The summed E-state index contributed by atoms with van der Waals surface area (Å²) >= 11 is 0. The third-order valence-electron chi connectivity index (χ3n) is 4.11. The highest BCUT2D eigenvalue weighted by molar-refractivity contribution is 5.80. The van der Waals surface area contributed by atoms with Crippen LogP contribution >= 0.6 is 0 Å². The number of hydrogen-bond donors (Lipinski definition) is 2. The Kier molecular flexibility index (Phi) is 3.33. The van der Waals surface area contributed by atoms with Gasteiger partial charge in [-0.15, -0.1) is 0 Å². The number of benzene rings is 1. The molecule has 1 atom stereocenters. The molecule has 1 fully saturated rings. The summed E-state index contributed by atoms with van der Waals surface area (Å²) in [5.41, 5.74) is 2.69. The van der Waals surface area contributed by atoms with Crippen molar-refractivity contribution in [3.8, 4) is 0 Å². The number of nitrogens with one attached hydrogen (secondary N) is 2. The van der Waals surface area contributed by atoms with E-state index in [1.807, 2.05) is 0 Å². The number of carbonyl (C=O) groups is 1. The van der Waals surface area contributed by atoms with Crippen molar-refractivity contribution in [1.29, 1.82) is 0 Å². The first kappa shape index (κ1) is 11.7. The predicted molar refractivity (Wildman–Crippen MR) is 71.4 cm³/mol. The van der Waals surface area contributed by atoms with Crippen molar-refractivity contribution in [2.75, 3.05) is 13.1 Å². The van der Waals surface area contributed by atoms with Crippen LogP contribution in [0, 0.1) is 5.92 Å². The summed E-state index contributed by atoms with van der Waals surface area (Å²) in [6, 6.07) is 8.88. The van der Waals surface area contributed by atoms with Gasteiger partial charge in [-0.25, -0.2) is 0 Å². The Morgan fingerprint density at radius 2 is 2.00 bits per heavy atom. The molecule has 0 radical (unpaired) electrons. The molecule has 1 heterocycles. The monoisotopic (exact) mass is 244 g/mol. The molecule has 3 nitrogen and oxygen atoms in total. The zero-order valence-corrected chi connectivity index (χ0v) is 10.6. The maximum atomic E-state index is 12.1. The van der Waals surface area contributed by atoms with Gasteiger partial charge in [-0.2, -0.15) is 0 Å². The van der Waals surface area contributed by atoms with E-state index in [9.17, 15) is 4.79 Å². The van der Waals surface area contributed by atoms with Gasteiger partial charge in [0.25, 0.3) is 0 Å². The van der Waals surface area contributed by atoms with E-state index in [0.29, 0.717) is 6.04 Å². The SMILES string of the molecule is O=C(NCC1CCCN1)C1Cc2ccccc2C1. The van der Waals surface area contributed by atoms with Crippen LogP contribution < -0.4 is 10.6 Å². The van der Waals surface area contributed by atoms with Crippen molar-refractivity contribution >= 4 is 5.91 Å². The predicted octanol–water partition coefficient (Wildman–Crippen LogP) is 1.27. The summed E-state index contributed by atoms with van der Waals surface area (Å²) in [4.78, 5) is 12.1. The van der Waals surface area contributed by atoms with Crippen molar-refractivity contribution in [2.24, 2.45) is 5.92 Å². The summed E-state index contributed by atoms with van der Waals surface area (Å²) in [6.07, 6.45) is 4.22. The molecule has 2 N–H and O–H groups in total. The van der Waals surface area contributed by atoms with Crippen LogP contribution in [0.4, 0.5) is 0 Å². The third kappa shape index (κ3) is 2.41. The standard InChI is InChI=1S/C15H20N2O/c18-15(17-10-14-6-3-7-16-14)13-8-11-4-1-2-5-12(11)9-13/h1-2,4-5,13-14,16H,3,6-10H2,(H,17,18). The fourth-order valence-corrected chi connectivity index (χ4v) is 3.04. The highest BCUT2D eigenvalue weighted by Gasteiger charge is 2.27. The van der Waals surface area contributed by atoms with Crippen LogP contribution in [0.25, 0.3) is 0 Å². The maximum Gasteiger partial charge on any atom is 0.223 e. The number of carbonyl (C=O) groups excluding carboxylic acids is 1. The van der Waals surface area contributed by atoms with E-state index in [2.05, 4.69) is 34.9 Å². The van der Waals surface area contributed by atoms with E-state index in [1.165, 1.54) is 24.0 Å². The molecule has 1 amide bonds. The van der Waals surface area contributed by atoms with Gasteiger partial charge in [-0.05, 0) is 43.4 Å². The molecule has 0 spiro atoms. The van der Waals surface area contributed by atoms with E-state index in [-0.39, 0.29) is 11.8 Å². The summed E-state index contributed by atoms with van der Waals surface area (Å²) in [7, 11) is 0. The molecule has 1 aromatic rings. The van der Waals surface area contributed by atoms with Gasteiger partial charge in [-0.1, -0.05) is 24.3 Å². The zero-order chi connectivity index (χ0) is 12.4. The Balaban J connectivity index is 1.52. The molecule has 1 unspecified atom stereocenters. The number of rotatable bonds is 3. The highest BCUT2D eigenvalue weighted by atomic mass is 16.1. The van der Waals surface area contributed by atoms with Crippen molar-refractivity contribution in [1.82, 2.24) is 10.6 Å². The molecule has 0 bridgehead atoms. The molecule has 1 aliphatic heterocycles. The Morgan fingerprint density at radius 3 is 2.61 bits per heavy atom. The molecule has 1 saturated heterocycles. The minimum atomic E-state index is 0.142. The van der Waals surface area contributed by atoms with Gasteiger partial charge in [0.15, 0.2) is 0 Å². The van der Waals surface area contributed by atoms with Crippen LogP contribution in [0.1, 0.15) is 24.0 Å². The maximum absolute atomic E-state index is 12.1. The number of fused-ring (bicyclic) bond motifs is 1. The lowest BCUT2D eigenvalue weighted by Crippen LogP contribution is -2.40. The molecule has 1 aromatic carbocycles. The van der Waals surface area contributed by atoms with Crippen LogP contribution in [-0.4, -0.2) is 25.0 Å². The van der Waals surface area contributed by atoms with Gasteiger partial charge in [0.2, 0.25) is 5.91 Å². The van der Waals surface area contributed by atoms with Gasteiger partial charge in [0.05, 0.1) is 0 Å². The molecule has 3 heteroatoms. The second-order valence-corrected chi connectivity index (χ2v) is 5.41. The Bertz CT molecular complexity index is 413. The first-order valence-electron chi connectivity index (χ1n) is 6.91. The van der Waals surface area contributed by atoms with Gasteiger partial charge in [-0.3, -0.25) is 4.79 Å². The van der Waals surface area contributed by atoms with E-state index >= 15 is 0 Å². The molecule has 3 rings (SSSR count). The lowest BCUT2D eigenvalue weighted by molar-refractivity contribution is -0.124. The average molecular weight is 244 g/mol. The van der Waals surface area contributed by atoms with E-state index in [4.69, 9.17) is 0 Å². The largest absolute Gasteiger partial charge is 0.354 e. The summed E-state index contributed by atoms with van der Waals surface area (Å²) in [5, 5.41) is 6.50. The van der Waals surface area contributed by atoms with Crippen LogP contribution in [0.5, 0.6) is 0 Å². The summed E-state index contributed by atoms with van der Waals surface area (Å²) < 4.78 is 0. The van der Waals surface area contributed by atoms with Crippen LogP contribution in [0.2, 0.25) is 0 Å². The molecule has 2 aliphatic rings. The first-order valence-corrected chi connectivity index (χ1v) is 6.91. The molecular formula is C15H20N2O. The molecule has 18 heavy (non-hydrogen) atoms. The lowest BCUT2D eigenvalue weighted by atomic mass is 10.1. The molecule has 96 valence electrons. The van der Waals surface area contributed by atoms with Crippen molar-refractivity contribution in [3.63, 3.8) is 0 Å². The van der Waals surface area contributed by atoms with Crippen molar-refractivity contribution in [2.45, 2.75) is 31.7 Å². The first-order chi connectivity index (χ1) is 8.83. The fourth-order valence-electron chi connectivity index (χ4n) is 3.04. The zero-order valence-electron chi connectivity index (χ0n) is 10.6. The van der Waals surface area contributed by atoms with E-state index < -0.39 is 0 Å². The fraction of sp³-hybridized carbons (Fsp3) is 0.533. The summed E-state index contributed by atoms with van der Waals surface area (Å²) in [6.45, 7) is 1.88. The van der Waals surface area contributed by atoms with Gasteiger partial charge in [0, 0.05) is 18.5 Å². The lowest BCUT2D eigenvalue weighted by Gasteiger charge is -2.14. The minimum absolute atomic E-state index is 0.142. The Labute approximate surface area is 108 Å². The molecule has 0 aromatic heterocycles. The van der Waals surface area contributed by atoms with Crippen molar-refractivity contribution < 1.29 is 4.79 Å². The van der Waals surface area contributed by atoms with Gasteiger partial charge < -0.3 is 10.6 Å². The minimum Gasteiger partial charge on any atom is -0.354 e.